The molecule has 0 saturated heterocycles. The van der Waals surface area contributed by atoms with Crippen molar-refractivity contribution >= 4 is 5.69 Å². The second-order valence-corrected chi connectivity index (χ2v) is 3.60. The molecule has 0 radical (unpaired) electrons. The fourth-order valence-corrected chi connectivity index (χ4v) is 1.66. The number of pyridine rings is 1. The minimum absolute atomic E-state index is 0.252. The second-order valence-electron chi connectivity index (χ2n) is 3.60. The Hall–Kier alpha value is -1.25. The quantitative estimate of drug-likeness (QED) is 0.603. The van der Waals surface area contributed by atoms with Gasteiger partial charge in [-0.1, -0.05) is 0 Å². The molecule has 1 aliphatic rings. The molecule has 13 heavy (non-hydrogen) atoms. The monoisotopic (exact) mass is 178 g/mol. The van der Waals surface area contributed by atoms with Gasteiger partial charge in [0.2, 0.25) is 0 Å². The van der Waals surface area contributed by atoms with Gasteiger partial charge in [-0.15, -0.1) is 0 Å². The molecule has 1 atom stereocenters. The average Bonchev–Trinajstić information content (AvgIpc) is 2.06. The standard InChI is InChI=1S/C10H14N2O/c1-7-4-9-10(5-11-7)13-8(2)6-12(9)3/h4-5,8H,6H2,1-3H3. The zero-order chi connectivity index (χ0) is 9.42. The first-order chi connectivity index (χ1) is 6.16. The van der Waals surface area contributed by atoms with Gasteiger partial charge in [-0.05, 0) is 19.9 Å². The van der Waals surface area contributed by atoms with Crippen LogP contribution in [0.5, 0.6) is 5.75 Å². The van der Waals surface area contributed by atoms with Crippen molar-refractivity contribution in [3.05, 3.63) is 18.0 Å². The van der Waals surface area contributed by atoms with Crippen molar-refractivity contribution in [3.8, 4) is 5.75 Å². The number of anilines is 1. The van der Waals surface area contributed by atoms with Crippen LogP contribution in [0.4, 0.5) is 5.69 Å². The number of nitrogens with zero attached hydrogens (tertiary/aromatic N) is 2. The molecule has 0 bridgehead atoms. The van der Waals surface area contributed by atoms with Crippen molar-refractivity contribution in [2.75, 3.05) is 18.5 Å². The summed E-state index contributed by atoms with van der Waals surface area (Å²) in [7, 11) is 2.08. The highest BCUT2D eigenvalue weighted by Crippen LogP contribution is 2.31. The number of fused-ring (bicyclic) bond motifs is 1. The minimum Gasteiger partial charge on any atom is -0.485 e. The first-order valence-corrected chi connectivity index (χ1v) is 4.51. The fourth-order valence-electron chi connectivity index (χ4n) is 1.66. The molecular formula is C10H14N2O. The summed E-state index contributed by atoms with van der Waals surface area (Å²) in [6.07, 6.45) is 2.05. The Morgan fingerprint density at radius 1 is 1.62 bits per heavy atom. The predicted octanol–water partition coefficient (Wildman–Crippen LogP) is 1.61. The molecule has 0 amide bonds. The summed E-state index contributed by atoms with van der Waals surface area (Å²) in [5.74, 6) is 0.895. The van der Waals surface area contributed by atoms with Gasteiger partial charge in [-0.2, -0.15) is 0 Å². The molecule has 0 N–H and O–H groups in total. The number of aryl methyl sites for hydroxylation is 1. The third-order valence-electron chi connectivity index (χ3n) is 2.25. The Morgan fingerprint density at radius 2 is 2.38 bits per heavy atom. The van der Waals surface area contributed by atoms with Crippen molar-refractivity contribution in [3.63, 3.8) is 0 Å². The maximum Gasteiger partial charge on any atom is 0.161 e. The van der Waals surface area contributed by atoms with Crippen LogP contribution >= 0.6 is 0 Å². The van der Waals surface area contributed by atoms with Crippen molar-refractivity contribution in [2.45, 2.75) is 20.0 Å². The van der Waals surface area contributed by atoms with Crippen LogP contribution in [0.1, 0.15) is 12.6 Å². The molecule has 0 aliphatic carbocycles. The molecule has 0 fully saturated rings. The Labute approximate surface area is 78.3 Å². The van der Waals surface area contributed by atoms with Gasteiger partial charge in [0.05, 0.1) is 18.4 Å². The van der Waals surface area contributed by atoms with Crippen LogP contribution in [0.2, 0.25) is 0 Å². The van der Waals surface area contributed by atoms with Crippen molar-refractivity contribution < 1.29 is 4.74 Å². The molecule has 1 aromatic rings. The van der Waals surface area contributed by atoms with Gasteiger partial charge in [-0.25, -0.2) is 0 Å². The van der Waals surface area contributed by atoms with Crippen LogP contribution in [0.3, 0.4) is 0 Å². The van der Waals surface area contributed by atoms with Crippen LogP contribution < -0.4 is 9.64 Å². The third kappa shape index (κ3) is 1.46. The Morgan fingerprint density at radius 3 is 3.15 bits per heavy atom. The van der Waals surface area contributed by atoms with Crippen molar-refractivity contribution in [1.82, 2.24) is 4.98 Å². The van der Waals surface area contributed by atoms with E-state index >= 15 is 0 Å². The second kappa shape index (κ2) is 2.91. The van der Waals surface area contributed by atoms with Gasteiger partial charge in [0.1, 0.15) is 6.10 Å². The first-order valence-electron chi connectivity index (χ1n) is 4.51. The van der Waals surface area contributed by atoms with Crippen LogP contribution in [0.25, 0.3) is 0 Å². The lowest BCUT2D eigenvalue weighted by molar-refractivity contribution is 0.214. The summed E-state index contributed by atoms with van der Waals surface area (Å²) in [4.78, 5) is 6.42. The van der Waals surface area contributed by atoms with E-state index in [9.17, 15) is 0 Å². The van der Waals surface area contributed by atoms with Gasteiger partial charge in [-0.3, -0.25) is 4.98 Å². The highest BCUT2D eigenvalue weighted by Gasteiger charge is 2.20. The lowest BCUT2D eigenvalue weighted by atomic mass is 10.2. The minimum atomic E-state index is 0.252. The largest absolute Gasteiger partial charge is 0.485 e. The maximum atomic E-state index is 5.65. The maximum absolute atomic E-state index is 5.65. The number of ether oxygens (including phenoxy) is 1. The van der Waals surface area contributed by atoms with Gasteiger partial charge >= 0.3 is 0 Å². The molecule has 1 aromatic heterocycles. The number of aromatic nitrogens is 1. The summed E-state index contributed by atoms with van der Waals surface area (Å²) in [5, 5.41) is 0. The summed E-state index contributed by atoms with van der Waals surface area (Å²) in [6.45, 7) is 5.00. The topological polar surface area (TPSA) is 25.4 Å². The van der Waals surface area contributed by atoms with Crippen LogP contribution in [0, 0.1) is 6.92 Å². The predicted molar refractivity (Wildman–Crippen MR) is 52.3 cm³/mol. The molecule has 0 spiro atoms. The lowest BCUT2D eigenvalue weighted by Gasteiger charge is -2.31. The lowest BCUT2D eigenvalue weighted by Crippen LogP contribution is -2.35. The van der Waals surface area contributed by atoms with E-state index in [0.29, 0.717) is 0 Å². The molecule has 0 aromatic carbocycles. The Balaban J connectivity index is 2.43. The van der Waals surface area contributed by atoms with E-state index < -0.39 is 0 Å². The van der Waals surface area contributed by atoms with Crippen molar-refractivity contribution in [2.24, 2.45) is 0 Å². The van der Waals surface area contributed by atoms with E-state index in [0.717, 1.165) is 23.7 Å². The number of hydrogen-bond acceptors (Lipinski definition) is 3. The Bertz CT molecular complexity index is 325. The van der Waals surface area contributed by atoms with Gasteiger partial charge < -0.3 is 9.64 Å². The van der Waals surface area contributed by atoms with Crippen LogP contribution in [-0.4, -0.2) is 24.7 Å². The molecule has 2 heterocycles. The van der Waals surface area contributed by atoms with Gasteiger partial charge in [0, 0.05) is 12.7 Å². The van der Waals surface area contributed by atoms with E-state index in [1.807, 2.05) is 6.92 Å². The summed E-state index contributed by atoms with van der Waals surface area (Å²) < 4.78 is 5.65. The smallest absolute Gasteiger partial charge is 0.161 e. The fraction of sp³-hybridized carbons (Fsp3) is 0.500. The van der Waals surface area contributed by atoms with E-state index in [4.69, 9.17) is 4.74 Å². The summed E-state index contributed by atoms with van der Waals surface area (Å²) in [5.41, 5.74) is 2.18. The first kappa shape index (κ1) is 8.35. The van der Waals surface area contributed by atoms with Gasteiger partial charge in [0.25, 0.3) is 0 Å². The number of likely N-dealkylation sites (N-methyl/N-ethyl adjacent to an activating group) is 1. The summed E-state index contributed by atoms with van der Waals surface area (Å²) >= 11 is 0. The van der Waals surface area contributed by atoms with Crippen molar-refractivity contribution in [1.29, 1.82) is 0 Å². The Kier molecular flexibility index (Phi) is 1.87. The van der Waals surface area contributed by atoms with E-state index in [2.05, 4.69) is 29.9 Å². The molecule has 3 heteroatoms. The zero-order valence-corrected chi connectivity index (χ0v) is 8.24. The molecule has 70 valence electrons. The highest BCUT2D eigenvalue weighted by molar-refractivity contribution is 5.59. The zero-order valence-electron chi connectivity index (χ0n) is 8.24. The summed E-state index contributed by atoms with van der Waals surface area (Å²) in [6, 6.07) is 2.06. The highest BCUT2D eigenvalue weighted by atomic mass is 16.5. The average molecular weight is 178 g/mol. The number of hydrogen-bond donors (Lipinski definition) is 0. The molecule has 1 aliphatic heterocycles. The third-order valence-corrected chi connectivity index (χ3v) is 2.25. The normalized spacial score (nSPS) is 20.8. The molecule has 3 nitrogen and oxygen atoms in total. The van der Waals surface area contributed by atoms with Crippen LogP contribution in [0.15, 0.2) is 12.3 Å². The van der Waals surface area contributed by atoms with E-state index in [1.54, 1.807) is 6.20 Å². The molecule has 2 rings (SSSR count). The number of rotatable bonds is 0. The van der Waals surface area contributed by atoms with E-state index in [1.165, 1.54) is 0 Å². The van der Waals surface area contributed by atoms with E-state index in [-0.39, 0.29) is 6.10 Å². The molecular weight excluding hydrogens is 164 g/mol. The SMILES string of the molecule is Cc1cc2c(cn1)OC(C)CN2C. The van der Waals surface area contributed by atoms with Gasteiger partial charge in [0.15, 0.2) is 5.75 Å². The molecule has 1 unspecified atom stereocenters. The van der Waals surface area contributed by atoms with Crippen LogP contribution in [-0.2, 0) is 0 Å². The molecule has 0 saturated carbocycles.